The summed E-state index contributed by atoms with van der Waals surface area (Å²) in [5.74, 6) is -0.622. The van der Waals surface area contributed by atoms with Crippen LogP contribution in [0.15, 0.2) is 12.7 Å². The molecule has 3 N–H and O–H groups in total. The number of thiocarbonyl (C=S) groups is 1. The SMILES string of the molecule is C=CC(=O)ONC(N)=S. The lowest BCUT2D eigenvalue weighted by Gasteiger charge is -1.98. The Morgan fingerprint density at radius 2 is 2.44 bits per heavy atom. The molecule has 0 saturated carbocycles. The van der Waals surface area contributed by atoms with Crippen LogP contribution in [0.3, 0.4) is 0 Å². The van der Waals surface area contributed by atoms with Crippen molar-refractivity contribution in [1.82, 2.24) is 5.48 Å². The first-order chi connectivity index (χ1) is 4.16. The van der Waals surface area contributed by atoms with Gasteiger partial charge >= 0.3 is 5.97 Å². The van der Waals surface area contributed by atoms with Gasteiger partial charge in [0.1, 0.15) is 0 Å². The highest BCUT2D eigenvalue weighted by Crippen LogP contribution is 1.71. The number of carbonyl (C=O) groups is 1. The molecule has 0 aliphatic heterocycles. The van der Waals surface area contributed by atoms with Crippen LogP contribution in [0.25, 0.3) is 0 Å². The molecule has 0 unspecified atom stereocenters. The highest BCUT2D eigenvalue weighted by Gasteiger charge is 1.92. The minimum Gasteiger partial charge on any atom is -0.374 e. The summed E-state index contributed by atoms with van der Waals surface area (Å²) >= 11 is 4.32. The lowest BCUT2D eigenvalue weighted by atomic mass is 10.7. The summed E-state index contributed by atoms with van der Waals surface area (Å²) in [5, 5.41) is -0.0924. The molecule has 50 valence electrons. The zero-order valence-electron chi connectivity index (χ0n) is 4.59. The van der Waals surface area contributed by atoms with E-state index in [0.717, 1.165) is 6.08 Å². The standard InChI is InChI=1S/C4H6N2O2S/c1-2-3(7)8-6-4(5)9/h2H,1H2,(H3,5,6,9). The van der Waals surface area contributed by atoms with Crippen LogP contribution in [-0.2, 0) is 9.63 Å². The number of hydrogen-bond donors (Lipinski definition) is 2. The highest BCUT2D eigenvalue weighted by molar-refractivity contribution is 7.80. The molecule has 0 heterocycles. The molecule has 0 saturated heterocycles. The van der Waals surface area contributed by atoms with Gasteiger partial charge < -0.3 is 10.6 Å². The molecule has 9 heavy (non-hydrogen) atoms. The number of carbonyl (C=O) groups excluding carboxylic acids is 1. The van der Waals surface area contributed by atoms with Crippen LogP contribution in [0.1, 0.15) is 0 Å². The Balaban J connectivity index is 3.39. The van der Waals surface area contributed by atoms with Gasteiger partial charge in [-0.1, -0.05) is 6.58 Å². The maximum Gasteiger partial charge on any atom is 0.355 e. The average molecular weight is 146 g/mol. The minimum atomic E-state index is -0.622. The van der Waals surface area contributed by atoms with Gasteiger partial charge in [0, 0.05) is 6.08 Å². The van der Waals surface area contributed by atoms with Crippen LogP contribution < -0.4 is 11.2 Å². The van der Waals surface area contributed by atoms with Crippen molar-refractivity contribution in [3.8, 4) is 0 Å². The molecule has 4 nitrogen and oxygen atoms in total. The van der Waals surface area contributed by atoms with Crippen molar-refractivity contribution in [2.24, 2.45) is 5.73 Å². The van der Waals surface area contributed by atoms with Crippen molar-refractivity contribution in [1.29, 1.82) is 0 Å². The Morgan fingerprint density at radius 1 is 1.89 bits per heavy atom. The lowest BCUT2D eigenvalue weighted by Crippen LogP contribution is -2.30. The van der Waals surface area contributed by atoms with E-state index in [1.165, 1.54) is 0 Å². The number of rotatable bonds is 1. The molecule has 0 atom stereocenters. The first kappa shape index (κ1) is 7.90. The summed E-state index contributed by atoms with van der Waals surface area (Å²) in [6.07, 6.45) is 0.991. The number of nitrogens with two attached hydrogens (primary N) is 1. The van der Waals surface area contributed by atoms with Crippen molar-refractivity contribution in [2.45, 2.75) is 0 Å². The van der Waals surface area contributed by atoms with Crippen molar-refractivity contribution >= 4 is 23.3 Å². The molecule has 0 aromatic carbocycles. The van der Waals surface area contributed by atoms with E-state index < -0.39 is 5.97 Å². The molecule has 0 fully saturated rings. The van der Waals surface area contributed by atoms with Crippen molar-refractivity contribution in [3.05, 3.63) is 12.7 Å². The van der Waals surface area contributed by atoms with Gasteiger partial charge in [-0.25, -0.2) is 4.79 Å². The monoisotopic (exact) mass is 146 g/mol. The summed E-state index contributed by atoms with van der Waals surface area (Å²) < 4.78 is 0. The van der Waals surface area contributed by atoms with Crippen LogP contribution in [0, 0.1) is 0 Å². The normalized spacial score (nSPS) is 7.56. The lowest BCUT2D eigenvalue weighted by molar-refractivity contribution is -0.141. The smallest absolute Gasteiger partial charge is 0.355 e. The van der Waals surface area contributed by atoms with Gasteiger partial charge in [-0.3, -0.25) is 0 Å². The zero-order chi connectivity index (χ0) is 7.28. The third-order valence-electron chi connectivity index (χ3n) is 0.419. The van der Waals surface area contributed by atoms with Gasteiger partial charge in [0.2, 0.25) is 0 Å². The first-order valence-corrected chi connectivity index (χ1v) is 2.46. The van der Waals surface area contributed by atoms with Crippen molar-refractivity contribution < 1.29 is 9.63 Å². The van der Waals surface area contributed by atoms with E-state index in [0.29, 0.717) is 0 Å². The van der Waals surface area contributed by atoms with E-state index in [4.69, 9.17) is 5.73 Å². The molecule has 0 spiro atoms. The second-order valence-corrected chi connectivity index (χ2v) is 1.53. The highest BCUT2D eigenvalue weighted by atomic mass is 32.1. The van der Waals surface area contributed by atoms with Crippen molar-refractivity contribution in [2.75, 3.05) is 0 Å². The summed E-state index contributed by atoms with van der Waals surface area (Å²) in [5.41, 5.74) is 6.89. The van der Waals surface area contributed by atoms with Crippen LogP contribution in [0.5, 0.6) is 0 Å². The van der Waals surface area contributed by atoms with E-state index in [2.05, 4.69) is 23.6 Å². The Labute approximate surface area is 57.6 Å². The maximum atomic E-state index is 10.2. The molecule has 0 aromatic heterocycles. The Hall–Kier alpha value is -1.10. The second-order valence-electron chi connectivity index (χ2n) is 1.09. The first-order valence-electron chi connectivity index (χ1n) is 2.05. The summed E-state index contributed by atoms with van der Waals surface area (Å²) in [4.78, 5) is 14.4. The Bertz CT molecular complexity index is 146. The van der Waals surface area contributed by atoms with Gasteiger partial charge in [-0.05, 0) is 12.2 Å². The Kier molecular flexibility index (Phi) is 3.38. The molecule has 0 aliphatic rings. The molecule has 0 aromatic rings. The Morgan fingerprint density at radius 3 is 2.78 bits per heavy atom. The molecule has 0 aliphatic carbocycles. The summed E-state index contributed by atoms with van der Waals surface area (Å²) in [6.45, 7) is 3.14. The maximum absolute atomic E-state index is 10.2. The molecular weight excluding hydrogens is 140 g/mol. The fourth-order valence-corrected chi connectivity index (χ4v) is 0.184. The number of hydrogen-bond acceptors (Lipinski definition) is 3. The van der Waals surface area contributed by atoms with Gasteiger partial charge in [0.15, 0.2) is 5.11 Å². The average Bonchev–Trinajstić information content (AvgIpc) is 1.83. The van der Waals surface area contributed by atoms with E-state index >= 15 is 0 Å². The molecule has 0 amide bonds. The van der Waals surface area contributed by atoms with Crippen LogP contribution in [-0.4, -0.2) is 11.1 Å². The topological polar surface area (TPSA) is 64.3 Å². The summed E-state index contributed by atoms with van der Waals surface area (Å²) in [6, 6.07) is 0. The van der Waals surface area contributed by atoms with Gasteiger partial charge in [0.25, 0.3) is 0 Å². The fraction of sp³-hybridized carbons (Fsp3) is 0. The van der Waals surface area contributed by atoms with Crippen LogP contribution in [0.4, 0.5) is 0 Å². The third kappa shape index (κ3) is 4.76. The van der Waals surface area contributed by atoms with E-state index in [1.54, 1.807) is 0 Å². The van der Waals surface area contributed by atoms with E-state index in [1.807, 2.05) is 5.48 Å². The molecule has 0 rings (SSSR count). The van der Waals surface area contributed by atoms with Crippen LogP contribution in [0.2, 0.25) is 0 Å². The van der Waals surface area contributed by atoms with Crippen LogP contribution >= 0.6 is 12.2 Å². The minimum absolute atomic E-state index is 0.0924. The second kappa shape index (κ2) is 3.85. The molecule has 0 bridgehead atoms. The fourth-order valence-electron chi connectivity index (χ4n) is 0.142. The largest absolute Gasteiger partial charge is 0.374 e. The molecular formula is C4H6N2O2S. The molecule has 0 radical (unpaired) electrons. The van der Waals surface area contributed by atoms with Gasteiger partial charge in [-0.2, -0.15) is 5.48 Å². The van der Waals surface area contributed by atoms with Crippen molar-refractivity contribution in [3.63, 3.8) is 0 Å². The van der Waals surface area contributed by atoms with Gasteiger partial charge in [-0.15, -0.1) is 0 Å². The van der Waals surface area contributed by atoms with E-state index in [9.17, 15) is 4.79 Å². The number of hydroxylamine groups is 1. The summed E-state index contributed by atoms with van der Waals surface area (Å²) in [7, 11) is 0. The predicted molar refractivity (Wildman–Crippen MR) is 36.2 cm³/mol. The quantitative estimate of drug-likeness (QED) is 0.295. The zero-order valence-corrected chi connectivity index (χ0v) is 5.40. The number of nitrogens with one attached hydrogen (secondary N) is 1. The predicted octanol–water partition coefficient (Wildman–Crippen LogP) is -0.536. The van der Waals surface area contributed by atoms with E-state index in [-0.39, 0.29) is 5.11 Å². The third-order valence-corrected chi connectivity index (χ3v) is 0.502. The molecule has 5 heteroatoms. The van der Waals surface area contributed by atoms with Gasteiger partial charge in [0.05, 0.1) is 0 Å².